The van der Waals surface area contributed by atoms with E-state index in [0.29, 0.717) is 5.56 Å². The van der Waals surface area contributed by atoms with Crippen molar-refractivity contribution in [3.63, 3.8) is 0 Å². The average molecular weight is 192 g/mol. The fraction of sp³-hybridized carbons (Fsp3) is 0.417. The normalized spacial score (nSPS) is 11.4. The summed E-state index contributed by atoms with van der Waals surface area (Å²) in [5, 5.41) is 8.71. The molecule has 1 aromatic carbocycles. The highest BCUT2D eigenvalue weighted by molar-refractivity contribution is 5.87. The number of hydrogen-bond acceptors (Lipinski definition) is 1. The van der Waals surface area contributed by atoms with Crippen LogP contribution in [0, 0.1) is 5.41 Å². The highest BCUT2D eigenvalue weighted by atomic mass is 16.4. The molecule has 76 valence electrons. The van der Waals surface area contributed by atoms with E-state index in [1.165, 1.54) is 5.56 Å². The van der Waals surface area contributed by atoms with Crippen LogP contribution in [0.5, 0.6) is 0 Å². The molecule has 0 atom stereocenters. The van der Waals surface area contributed by atoms with Crippen LogP contribution in [0.4, 0.5) is 0 Å². The molecule has 0 unspecified atom stereocenters. The molecule has 0 aliphatic carbocycles. The molecule has 0 aliphatic heterocycles. The van der Waals surface area contributed by atoms with Crippen LogP contribution in [-0.2, 0) is 6.42 Å². The van der Waals surface area contributed by atoms with Crippen LogP contribution >= 0.6 is 0 Å². The van der Waals surface area contributed by atoms with Crippen LogP contribution < -0.4 is 0 Å². The molecule has 0 fully saturated rings. The Balaban J connectivity index is 2.79. The molecule has 0 spiro atoms. The summed E-state index contributed by atoms with van der Waals surface area (Å²) in [5.74, 6) is -0.868. The monoisotopic (exact) mass is 192 g/mol. The predicted octanol–water partition coefficient (Wildman–Crippen LogP) is 2.97. The van der Waals surface area contributed by atoms with Gasteiger partial charge in [-0.05, 0) is 29.5 Å². The van der Waals surface area contributed by atoms with Crippen molar-refractivity contribution in [2.24, 2.45) is 5.41 Å². The summed E-state index contributed by atoms with van der Waals surface area (Å²) in [4.78, 5) is 10.6. The zero-order valence-corrected chi connectivity index (χ0v) is 8.87. The Hall–Kier alpha value is -1.31. The maximum absolute atomic E-state index is 10.6. The van der Waals surface area contributed by atoms with Gasteiger partial charge in [0, 0.05) is 0 Å². The summed E-state index contributed by atoms with van der Waals surface area (Å²) in [6, 6.07) is 7.08. The molecule has 0 saturated heterocycles. The fourth-order valence-corrected chi connectivity index (χ4v) is 1.38. The van der Waals surface area contributed by atoms with E-state index in [0.717, 1.165) is 6.42 Å². The lowest BCUT2D eigenvalue weighted by Gasteiger charge is -2.17. The third-order valence-electron chi connectivity index (χ3n) is 1.94. The smallest absolute Gasteiger partial charge is 0.335 e. The first-order chi connectivity index (χ1) is 6.38. The van der Waals surface area contributed by atoms with Gasteiger partial charge in [-0.25, -0.2) is 4.79 Å². The van der Waals surface area contributed by atoms with Gasteiger partial charge in [0.15, 0.2) is 0 Å². The standard InChI is InChI=1S/C12H16O2/c1-12(2,3)8-9-4-6-10(7-5-9)11(13)14/h4-7H,8H2,1-3H3,(H,13,14). The summed E-state index contributed by atoms with van der Waals surface area (Å²) in [6.45, 7) is 6.49. The topological polar surface area (TPSA) is 37.3 Å². The summed E-state index contributed by atoms with van der Waals surface area (Å²) in [5.41, 5.74) is 1.77. The number of carboxylic acids is 1. The van der Waals surface area contributed by atoms with Crippen LogP contribution in [0.15, 0.2) is 24.3 Å². The summed E-state index contributed by atoms with van der Waals surface area (Å²) in [7, 11) is 0. The van der Waals surface area contributed by atoms with E-state index in [2.05, 4.69) is 20.8 Å². The number of aromatic carboxylic acids is 1. The van der Waals surface area contributed by atoms with E-state index in [9.17, 15) is 4.79 Å². The first kappa shape index (κ1) is 10.8. The van der Waals surface area contributed by atoms with Crippen LogP contribution in [0.3, 0.4) is 0 Å². The van der Waals surface area contributed by atoms with Crippen molar-refractivity contribution in [2.75, 3.05) is 0 Å². The van der Waals surface area contributed by atoms with Crippen molar-refractivity contribution >= 4 is 5.97 Å². The summed E-state index contributed by atoms with van der Waals surface area (Å²) >= 11 is 0. The van der Waals surface area contributed by atoms with E-state index in [-0.39, 0.29) is 5.41 Å². The number of hydrogen-bond donors (Lipinski definition) is 1. The van der Waals surface area contributed by atoms with Gasteiger partial charge in [0.25, 0.3) is 0 Å². The molecule has 0 heterocycles. The Morgan fingerprint density at radius 3 is 2.07 bits per heavy atom. The van der Waals surface area contributed by atoms with Gasteiger partial charge in [0.05, 0.1) is 5.56 Å². The van der Waals surface area contributed by atoms with E-state index in [1.807, 2.05) is 12.1 Å². The van der Waals surface area contributed by atoms with Crippen LogP contribution in [0.2, 0.25) is 0 Å². The van der Waals surface area contributed by atoms with Gasteiger partial charge in [-0.3, -0.25) is 0 Å². The summed E-state index contributed by atoms with van der Waals surface area (Å²) in [6.07, 6.45) is 0.965. The van der Waals surface area contributed by atoms with Crippen molar-refractivity contribution < 1.29 is 9.90 Å². The first-order valence-corrected chi connectivity index (χ1v) is 4.71. The molecule has 0 amide bonds. The molecule has 2 heteroatoms. The van der Waals surface area contributed by atoms with Gasteiger partial charge < -0.3 is 5.11 Å². The molecule has 0 aromatic heterocycles. The molecular formula is C12H16O2. The van der Waals surface area contributed by atoms with Gasteiger partial charge in [0.2, 0.25) is 0 Å². The molecule has 1 aromatic rings. The maximum atomic E-state index is 10.6. The Labute approximate surface area is 84.6 Å². The fourth-order valence-electron chi connectivity index (χ4n) is 1.38. The zero-order chi connectivity index (χ0) is 10.8. The van der Waals surface area contributed by atoms with Crippen LogP contribution in [0.25, 0.3) is 0 Å². The van der Waals surface area contributed by atoms with Gasteiger partial charge in [-0.2, -0.15) is 0 Å². The maximum Gasteiger partial charge on any atom is 0.335 e. The second-order valence-corrected chi connectivity index (χ2v) is 4.74. The molecule has 0 aliphatic rings. The Kier molecular flexibility index (Phi) is 2.94. The van der Waals surface area contributed by atoms with Gasteiger partial charge >= 0.3 is 5.97 Å². The number of carboxylic acid groups (broad SMARTS) is 1. The van der Waals surface area contributed by atoms with Crippen molar-refractivity contribution in [3.05, 3.63) is 35.4 Å². The van der Waals surface area contributed by atoms with Crippen molar-refractivity contribution in [3.8, 4) is 0 Å². The highest BCUT2D eigenvalue weighted by Crippen LogP contribution is 2.20. The number of rotatable bonds is 2. The quantitative estimate of drug-likeness (QED) is 0.782. The molecule has 0 bridgehead atoms. The van der Waals surface area contributed by atoms with Crippen molar-refractivity contribution in [1.82, 2.24) is 0 Å². The van der Waals surface area contributed by atoms with Crippen molar-refractivity contribution in [1.29, 1.82) is 0 Å². The third kappa shape index (κ3) is 3.21. The minimum Gasteiger partial charge on any atom is -0.478 e. The lowest BCUT2D eigenvalue weighted by Crippen LogP contribution is -2.09. The minimum absolute atomic E-state index is 0.241. The van der Waals surface area contributed by atoms with Crippen LogP contribution in [0.1, 0.15) is 36.7 Å². The van der Waals surface area contributed by atoms with E-state index >= 15 is 0 Å². The van der Waals surface area contributed by atoms with Gasteiger partial charge in [-0.1, -0.05) is 32.9 Å². The second-order valence-electron chi connectivity index (χ2n) is 4.74. The van der Waals surface area contributed by atoms with E-state index in [1.54, 1.807) is 12.1 Å². The summed E-state index contributed by atoms with van der Waals surface area (Å²) < 4.78 is 0. The molecule has 1 N–H and O–H groups in total. The molecule has 1 rings (SSSR count). The number of benzene rings is 1. The van der Waals surface area contributed by atoms with Gasteiger partial charge in [-0.15, -0.1) is 0 Å². The van der Waals surface area contributed by atoms with Crippen LogP contribution in [-0.4, -0.2) is 11.1 Å². The largest absolute Gasteiger partial charge is 0.478 e. The minimum atomic E-state index is -0.868. The molecule has 0 radical (unpaired) electrons. The predicted molar refractivity (Wildman–Crippen MR) is 56.6 cm³/mol. The van der Waals surface area contributed by atoms with Crippen molar-refractivity contribution in [2.45, 2.75) is 27.2 Å². The first-order valence-electron chi connectivity index (χ1n) is 4.71. The highest BCUT2D eigenvalue weighted by Gasteiger charge is 2.11. The Bertz CT molecular complexity index is 317. The molecule has 2 nitrogen and oxygen atoms in total. The Morgan fingerprint density at radius 1 is 1.21 bits per heavy atom. The second kappa shape index (κ2) is 3.82. The molecule has 0 saturated carbocycles. The lowest BCUT2D eigenvalue weighted by molar-refractivity contribution is 0.0697. The molecular weight excluding hydrogens is 176 g/mol. The number of carbonyl (C=O) groups is 1. The molecule has 14 heavy (non-hydrogen) atoms. The zero-order valence-electron chi connectivity index (χ0n) is 8.87. The van der Waals surface area contributed by atoms with Gasteiger partial charge in [0.1, 0.15) is 0 Å². The SMILES string of the molecule is CC(C)(C)Cc1ccc(C(=O)O)cc1. The third-order valence-corrected chi connectivity index (χ3v) is 1.94. The lowest BCUT2D eigenvalue weighted by atomic mass is 9.88. The average Bonchev–Trinajstić information content (AvgIpc) is 2.02. The van der Waals surface area contributed by atoms with E-state index < -0.39 is 5.97 Å². The Morgan fingerprint density at radius 2 is 1.71 bits per heavy atom. The van der Waals surface area contributed by atoms with E-state index in [4.69, 9.17) is 5.11 Å².